The van der Waals surface area contributed by atoms with E-state index in [1.807, 2.05) is 24.4 Å². The van der Waals surface area contributed by atoms with E-state index in [1.165, 1.54) is 10.1 Å². The van der Waals surface area contributed by atoms with Crippen LogP contribution in [-0.4, -0.2) is 22.3 Å². The maximum absolute atomic E-state index is 12.8. The van der Waals surface area contributed by atoms with Crippen LogP contribution in [0.5, 0.6) is 0 Å². The summed E-state index contributed by atoms with van der Waals surface area (Å²) in [4.78, 5) is 18.6. The summed E-state index contributed by atoms with van der Waals surface area (Å²) < 4.78 is 1.26. The fourth-order valence-electron chi connectivity index (χ4n) is 3.56. The normalized spacial score (nSPS) is 20.4. The average Bonchev–Trinajstić information content (AvgIpc) is 3.09. The predicted molar refractivity (Wildman–Crippen MR) is 106 cm³/mol. The van der Waals surface area contributed by atoms with E-state index < -0.39 is 0 Å². The number of allylic oxidation sites excluding steroid dienone is 1. The van der Waals surface area contributed by atoms with Crippen molar-refractivity contribution in [1.29, 1.82) is 0 Å². The molecule has 4 rings (SSSR count). The van der Waals surface area contributed by atoms with Gasteiger partial charge in [0.25, 0.3) is 0 Å². The highest BCUT2D eigenvalue weighted by atomic mass is 32.1. The Morgan fingerprint density at radius 1 is 1.31 bits per heavy atom. The molecule has 0 bridgehead atoms. The van der Waals surface area contributed by atoms with Gasteiger partial charge >= 0.3 is 0 Å². The van der Waals surface area contributed by atoms with Gasteiger partial charge in [0.15, 0.2) is 0 Å². The minimum Gasteiger partial charge on any atom is -0.385 e. The van der Waals surface area contributed by atoms with Crippen LogP contribution in [0.25, 0.3) is 10.1 Å². The Kier molecular flexibility index (Phi) is 4.24. The molecule has 1 atom stereocenters. The smallest absolute Gasteiger partial charge is 0.229 e. The zero-order valence-electron chi connectivity index (χ0n) is 14.7. The Bertz CT molecular complexity index is 979. The van der Waals surface area contributed by atoms with Crippen LogP contribution in [0.1, 0.15) is 24.5 Å². The first-order chi connectivity index (χ1) is 12.5. The molecule has 0 saturated carbocycles. The zero-order valence-corrected chi connectivity index (χ0v) is 15.5. The first kappa shape index (κ1) is 16.8. The molecule has 132 valence electrons. The summed E-state index contributed by atoms with van der Waals surface area (Å²) in [6.07, 6.45) is 6.78. The molecular formula is C21H21N3OS. The van der Waals surface area contributed by atoms with Crippen molar-refractivity contribution < 1.29 is 4.79 Å². The highest BCUT2D eigenvalue weighted by molar-refractivity contribution is 7.17. The van der Waals surface area contributed by atoms with Gasteiger partial charge in [0.2, 0.25) is 5.91 Å². The van der Waals surface area contributed by atoms with E-state index in [0.29, 0.717) is 18.8 Å². The summed E-state index contributed by atoms with van der Waals surface area (Å²) in [5, 5.41) is 3.31. The minimum atomic E-state index is -0.373. The maximum atomic E-state index is 12.8. The van der Waals surface area contributed by atoms with Crippen LogP contribution >= 0.6 is 11.3 Å². The van der Waals surface area contributed by atoms with Crippen LogP contribution < -0.4 is 5.73 Å². The van der Waals surface area contributed by atoms with E-state index in [4.69, 9.17) is 5.73 Å². The van der Waals surface area contributed by atoms with Gasteiger partial charge in [-0.05, 0) is 58.7 Å². The van der Waals surface area contributed by atoms with Gasteiger partial charge in [-0.3, -0.25) is 14.7 Å². The van der Waals surface area contributed by atoms with Crippen molar-refractivity contribution in [2.45, 2.75) is 25.2 Å². The molecule has 0 spiro atoms. The summed E-state index contributed by atoms with van der Waals surface area (Å²) in [6, 6.07) is 12.5. The molecule has 3 aromatic rings. The minimum absolute atomic E-state index is 0.0711. The second-order valence-electron chi connectivity index (χ2n) is 6.99. The SMILES string of the molecule is C[C@]1(c2ccc3sccc3c2)C=C(N)N(CCc2cccnc2)C(=O)C1. The number of rotatable bonds is 4. The highest BCUT2D eigenvalue weighted by Crippen LogP contribution is 2.36. The van der Waals surface area contributed by atoms with Gasteiger partial charge in [0.05, 0.1) is 0 Å². The van der Waals surface area contributed by atoms with Crippen molar-refractivity contribution in [3.05, 3.63) is 77.2 Å². The molecule has 1 amide bonds. The number of pyridine rings is 1. The molecule has 1 aliphatic rings. The molecule has 0 radical (unpaired) electrons. The molecule has 2 aromatic heterocycles. The number of benzene rings is 1. The third-order valence-corrected chi connectivity index (χ3v) is 5.95. The Balaban J connectivity index is 1.58. The first-order valence-corrected chi connectivity index (χ1v) is 9.58. The van der Waals surface area contributed by atoms with Gasteiger partial charge < -0.3 is 5.73 Å². The van der Waals surface area contributed by atoms with Crippen LogP contribution in [0.2, 0.25) is 0 Å². The Morgan fingerprint density at radius 3 is 2.96 bits per heavy atom. The van der Waals surface area contributed by atoms with Crippen molar-refractivity contribution in [1.82, 2.24) is 9.88 Å². The number of nitrogens with two attached hydrogens (primary N) is 1. The lowest BCUT2D eigenvalue weighted by Crippen LogP contribution is -2.44. The van der Waals surface area contributed by atoms with Crippen molar-refractivity contribution in [2.24, 2.45) is 5.73 Å². The second kappa shape index (κ2) is 6.57. The molecule has 0 unspecified atom stereocenters. The van der Waals surface area contributed by atoms with Gasteiger partial charge in [-0.25, -0.2) is 0 Å². The Labute approximate surface area is 157 Å². The van der Waals surface area contributed by atoms with E-state index in [-0.39, 0.29) is 11.3 Å². The van der Waals surface area contributed by atoms with E-state index in [9.17, 15) is 4.79 Å². The standard InChI is InChI=1S/C21H21N3OS/c1-21(17-4-5-18-16(11-17)7-10-26-18)12-19(22)24(20(25)13-21)9-6-15-3-2-8-23-14-15/h2-5,7-8,10-12,14H,6,9,13,22H2,1H3/t21-/m0/s1. The van der Waals surface area contributed by atoms with Crippen molar-refractivity contribution in [2.75, 3.05) is 6.54 Å². The fourth-order valence-corrected chi connectivity index (χ4v) is 4.33. The van der Waals surface area contributed by atoms with E-state index in [0.717, 1.165) is 17.5 Å². The molecule has 1 aliphatic heterocycles. The lowest BCUT2D eigenvalue weighted by molar-refractivity contribution is -0.131. The van der Waals surface area contributed by atoms with Crippen LogP contribution in [0, 0.1) is 0 Å². The molecule has 0 fully saturated rings. The molecule has 5 heteroatoms. The highest BCUT2D eigenvalue weighted by Gasteiger charge is 2.35. The van der Waals surface area contributed by atoms with E-state index in [1.54, 1.807) is 22.4 Å². The number of hydrogen-bond acceptors (Lipinski definition) is 4. The zero-order chi connectivity index (χ0) is 18.1. The van der Waals surface area contributed by atoms with Crippen LogP contribution in [0.4, 0.5) is 0 Å². The number of carbonyl (C=O) groups is 1. The monoisotopic (exact) mass is 363 g/mol. The van der Waals surface area contributed by atoms with Crippen LogP contribution in [0.15, 0.2) is 66.1 Å². The number of thiophene rings is 1. The quantitative estimate of drug-likeness (QED) is 0.766. The number of hydrogen-bond donors (Lipinski definition) is 1. The number of aromatic nitrogens is 1. The molecule has 2 N–H and O–H groups in total. The van der Waals surface area contributed by atoms with Crippen molar-refractivity contribution in [3.63, 3.8) is 0 Å². The molecule has 26 heavy (non-hydrogen) atoms. The molecule has 1 aromatic carbocycles. The lowest BCUT2D eigenvalue weighted by Gasteiger charge is -2.36. The number of fused-ring (bicyclic) bond motifs is 1. The molecule has 0 saturated heterocycles. The van der Waals surface area contributed by atoms with E-state index >= 15 is 0 Å². The summed E-state index contributed by atoms with van der Waals surface area (Å²) >= 11 is 1.73. The molecule has 4 nitrogen and oxygen atoms in total. The Hall–Kier alpha value is -2.66. The average molecular weight is 363 g/mol. The number of nitrogens with zero attached hydrogens (tertiary/aromatic N) is 2. The number of amides is 1. The van der Waals surface area contributed by atoms with Crippen molar-refractivity contribution >= 4 is 27.3 Å². The lowest BCUT2D eigenvalue weighted by atomic mass is 9.77. The van der Waals surface area contributed by atoms with Gasteiger partial charge in [0.1, 0.15) is 5.82 Å². The molecule has 0 aliphatic carbocycles. The third kappa shape index (κ3) is 3.10. The van der Waals surface area contributed by atoms with Crippen LogP contribution in [0.3, 0.4) is 0 Å². The Morgan fingerprint density at radius 2 is 2.19 bits per heavy atom. The summed E-state index contributed by atoms with van der Waals surface area (Å²) in [5.41, 5.74) is 8.15. The van der Waals surface area contributed by atoms with Gasteiger partial charge in [-0.2, -0.15) is 0 Å². The maximum Gasteiger partial charge on any atom is 0.229 e. The fraction of sp³-hybridized carbons (Fsp3) is 0.238. The molecule has 3 heterocycles. The van der Waals surface area contributed by atoms with Gasteiger partial charge in [-0.15, -0.1) is 11.3 Å². The summed E-state index contributed by atoms with van der Waals surface area (Å²) in [5.74, 6) is 0.611. The van der Waals surface area contributed by atoms with Gasteiger partial charge in [0, 0.05) is 35.5 Å². The molecular weight excluding hydrogens is 342 g/mol. The third-order valence-electron chi connectivity index (χ3n) is 5.06. The second-order valence-corrected chi connectivity index (χ2v) is 7.94. The summed E-state index contributed by atoms with van der Waals surface area (Å²) in [6.45, 7) is 2.66. The van der Waals surface area contributed by atoms with Crippen LogP contribution in [-0.2, 0) is 16.6 Å². The van der Waals surface area contributed by atoms with Crippen molar-refractivity contribution in [3.8, 4) is 0 Å². The topological polar surface area (TPSA) is 59.2 Å². The largest absolute Gasteiger partial charge is 0.385 e. The summed E-state index contributed by atoms with van der Waals surface area (Å²) in [7, 11) is 0. The number of carbonyl (C=O) groups excluding carboxylic acids is 1. The first-order valence-electron chi connectivity index (χ1n) is 8.70. The van der Waals surface area contributed by atoms with E-state index in [2.05, 4.69) is 41.6 Å². The predicted octanol–water partition coefficient (Wildman–Crippen LogP) is 3.83. The van der Waals surface area contributed by atoms with Gasteiger partial charge in [-0.1, -0.05) is 19.1 Å².